The number of nitrogens with zero attached hydrogens (tertiary/aromatic N) is 1. The van der Waals surface area contributed by atoms with Crippen LogP contribution < -0.4 is 4.74 Å². The van der Waals surface area contributed by atoms with Crippen molar-refractivity contribution in [2.45, 2.75) is 45.0 Å². The Hall–Kier alpha value is -1.20. The number of rotatable bonds is 8. The van der Waals surface area contributed by atoms with Gasteiger partial charge in [-0.25, -0.2) is 4.21 Å². The van der Waals surface area contributed by atoms with E-state index in [2.05, 4.69) is 4.40 Å². The molecule has 5 heteroatoms. The number of ether oxygens (including phenoxy) is 2. The van der Waals surface area contributed by atoms with E-state index in [1.807, 2.05) is 45.0 Å². The highest BCUT2D eigenvalue weighted by Crippen LogP contribution is 2.13. The number of benzene rings is 1. The molecule has 0 heterocycles. The first-order chi connectivity index (χ1) is 9.93. The standard InChI is InChI=1S/C16H25NO3S/c1-16(2,3)21(18)17-11-5-6-12-20-13-14-7-9-15(19-4)10-8-14/h7-11H,5-6,12-13H2,1-4H3/b17-11+. The molecule has 0 amide bonds. The van der Waals surface area contributed by atoms with Crippen molar-refractivity contribution in [1.29, 1.82) is 0 Å². The van der Waals surface area contributed by atoms with Crippen LogP contribution in [0.4, 0.5) is 0 Å². The lowest BCUT2D eigenvalue weighted by Gasteiger charge is -2.12. The summed E-state index contributed by atoms with van der Waals surface area (Å²) in [6, 6.07) is 7.83. The van der Waals surface area contributed by atoms with Crippen molar-refractivity contribution in [2.24, 2.45) is 4.40 Å². The van der Waals surface area contributed by atoms with Gasteiger partial charge >= 0.3 is 0 Å². The molecule has 0 bridgehead atoms. The van der Waals surface area contributed by atoms with Gasteiger partial charge in [0.15, 0.2) is 0 Å². The molecule has 1 aromatic carbocycles. The SMILES string of the molecule is COc1ccc(COCCC/C=N/S(=O)C(C)(C)C)cc1. The van der Waals surface area contributed by atoms with Gasteiger partial charge in [0, 0.05) is 12.8 Å². The van der Waals surface area contributed by atoms with Crippen LogP contribution >= 0.6 is 0 Å². The Morgan fingerprint density at radius 2 is 1.90 bits per heavy atom. The van der Waals surface area contributed by atoms with Crippen molar-refractivity contribution in [3.05, 3.63) is 29.8 Å². The lowest BCUT2D eigenvalue weighted by atomic mass is 10.2. The number of hydrogen-bond acceptors (Lipinski definition) is 3. The summed E-state index contributed by atoms with van der Waals surface area (Å²) in [6.45, 7) is 7.00. The monoisotopic (exact) mass is 311 g/mol. The second-order valence-corrected chi connectivity index (χ2v) is 7.63. The molecule has 4 nitrogen and oxygen atoms in total. The summed E-state index contributed by atoms with van der Waals surface area (Å²) in [5.41, 5.74) is 1.12. The summed E-state index contributed by atoms with van der Waals surface area (Å²) in [7, 11) is 0.492. The minimum Gasteiger partial charge on any atom is -0.497 e. The van der Waals surface area contributed by atoms with Crippen LogP contribution in [-0.2, 0) is 22.3 Å². The molecule has 0 spiro atoms. The fourth-order valence-corrected chi connectivity index (χ4v) is 2.02. The van der Waals surface area contributed by atoms with Gasteiger partial charge in [0.05, 0.1) is 18.5 Å². The molecule has 1 atom stereocenters. The van der Waals surface area contributed by atoms with Crippen LogP contribution in [-0.4, -0.2) is 28.9 Å². The first kappa shape index (κ1) is 17.9. The Kier molecular flexibility index (Phi) is 7.61. The molecule has 1 unspecified atom stereocenters. The van der Waals surface area contributed by atoms with Crippen LogP contribution in [0.25, 0.3) is 0 Å². The van der Waals surface area contributed by atoms with E-state index in [0.29, 0.717) is 13.2 Å². The molecule has 1 rings (SSSR count). The lowest BCUT2D eigenvalue weighted by Crippen LogP contribution is -2.19. The molecule has 0 fully saturated rings. The number of unbranched alkanes of at least 4 members (excludes halogenated alkanes) is 1. The maximum Gasteiger partial charge on any atom is 0.144 e. The fraction of sp³-hybridized carbons (Fsp3) is 0.562. The molecule has 0 saturated carbocycles. The largest absolute Gasteiger partial charge is 0.497 e. The lowest BCUT2D eigenvalue weighted by molar-refractivity contribution is 0.120. The second kappa shape index (κ2) is 8.95. The van der Waals surface area contributed by atoms with E-state index in [1.54, 1.807) is 13.3 Å². The average molecular weight is 311 g/mol. The number of hydrogen-bond donors (Lipinski definition) is 0. The van der Waals surface area contributed by atoms with E-state index in [1.165, 1.54) is 0 Å². The predicted octanol–water partition coefficient (Wildman–Crippen LogP) is 3.53. The Morgan fingerprint density at radius 3 is 2.48 bits per heavy atom. The zero-order valence-corrected chi connectivity index (χ0v) is 14.1. The molecule has 1 aromatic rings. The third kappa shape index (κ3) is 7.39. The van der Waals surface area contributed by atoms with Crippen LogP contribution in [0.5, 0.6) is 5.75 Å². The van der Waals surface area contributed by atoms with Gasteiger partial charge in [-0.15, -0.1) is 0 Å². The van der Waals surface area contributed by atoms with Crippen LogP contribution in [0.1, 0.15) is 39.2 Å². The van der Waals surface area contributed by atoms with E-state index in [4.69, 9.17) is 9.47 Å². The van der Waals surface area contributed by atoms with Crippen molar-refractivity contribution in [3.8, 4) is 5.75 Å². The first-order valence-corrected chi connectivity index (χ1v) is 8.19. The van der Waals surface area contributed by atoms with Gasteiger partial charge in [0.1, 0.15) is 16.7 Å². The summed E-state index contributed by atoms with van der Waals surface area (Å²) in [4.78, 5) is 0. The van der Waals surface area contributed by atoms with Gasteiger partial charge in [-0.2, -0.15) is 4.40 Å². The quantitative estimate of drug-likeness (QED) is 0.545. The molecule has 0 N–H and O–H groups in total. The van der Waals surface area contributed by atoms with Crippen LogP contribution in [0.2, 0.25) is 0 Å². The molecule has 0 aliphatic heterocycles. The highest BCUT2D eigenvalue weighted by Gasteiger charge is 2.17. The summed E-state index contributed by atoms with van der Waals surface area (Å²) < 4.78 is 26.1. The molecule has 0 aromatic heterocycles. The van der Waals surface area contributed by atoms with E-state index in [9.17, 15) is 4.21 Å². The molecule has 0 saturated heterocycles. The van der Waals surface area contributed by atoms with E-state index in [-0.39, 0.29) is 4.75 Å². The summed E-state index contributed by atoms with van der Waals surface area (Å²) >= 11 is 0. The van der Waals surface area contributed by atoms with E-state index in [0.717, 1.165) is 24.2 Å². The maximum atomic E-state index is 11.7. The predicted molar refractivity (Wildman–Crippen MR) is 88.3 cm³/mol. The van der Waals surface area contributed by atoms with Crippen molar-refractivity contribution in [1.82, 2.24) is 0 Å². The van der Waals surface area contributed by atoms with E-state index < -0.39 is 11.0 Å². The molecule has 0 radical (unpaired) electrons. The Labute approximate surface area is 130 Å². The Balaban J connectivity index is 2.14. The average Bonchev–Trinajstić information content (AvgIpc) is 2.45. The zero-order chi connectivity index (χ0) is 15.7. The van der Waals surface area contributed by atoms with Crippen LogP contribution in [0, 0.1) is 0 Å². The third-order valence-corrected chi connectivity index (χ3v) is 4.13. The van der Waals surface area contributed by atoms with Gasteiger partial charge in [-0.05, 0) is 51.3 Å². The molecular weight excluding hydrogens is 286 g/mol. The first-order valence-electron chi connectivity index (χ1n) is 7.08. The van der Waals surface area contributed by atoms with Crippen LogP contribution in [0.15, 0.2) is 28.7 Å². The van der Waals surface area contributed by atoms with Gasteiger partial charge in [0.25, 0.3) is 0 Å². The van der Waals surface area contributed by atoms with Crippen LogP contribution in [0.3, 0.4) is 0 Å². The summed E-state index contributed by atoms with van der Waals surface area (Å²) in [5, 5.41) is 0. The Bertz CT molecular complexity index is 463. The zero-order valence-electron chi connectivity index (χ0n) is 13.3. The van der Waals surface area contributed by atoms with Crippen molar-refractivity contribution < 1.29 is 13.7 Å². The number of methoxy groups -OCH3 is 1. The van der Waals surface area contributed by atoms with Gasteiger partial charge < -0.3 is 9.47 Å². The maximum absolute atomic E-state index is 11.7. The molecule has 0 aliphatic rings. The smallest absolute Gasteiger partial charge is 0.144 e. The van der Waals surface area contributed by atoms with E-state index >= 15 is 0 Å². The fourth-order valence-electron chi connectivity index (χ4n) is 1.47. The highest BCUT2D eigenvalue weighted by molar-refractivity contribution is 7.85. The topological polar surface area (TPSA) is 47.9 Å². The molecule has 21 heavy (non-hydrogen) atoms. The Morgan fingerprint density at radius 1 is 1.24 bits per heavy atom. The minimum atomic E-state index is -1.16. The van der Waals surface area contributed by atoms with Gasteiger partial charge in [0.2, 0.25) is 0 Å². The highest BCUT2D eigenvalue weighted by atomic mass is 32.2. The van der Waals surface area contributed by atoms with Crippen molar-refractivity contribution in [2.75, 3.05) is 13.7 Å². The van der Waals surface area contributed by atoms with Crippen molar-refractivity contribution in [3.63, 3.8) is 0 Å². The van der Waals surface area contributed by atoms with Gasteiger partial charge in [-0.1, -0.05) is 12.1 Å². The summed E-state index contributed by atoms with van der Waals surface area (Å²) in [5.74, 6) is 0.849. The van der Waals surface area contributed by atoms with Gasteiger partial charge in [-0.3, -0.25) is 0 Å². The summed E-state index contributed by atoms with van der Waals surface area (Å²) in [6.07, 6.45) is 3.39. The molecule has 0 aliphatic carbocycles. The molecular formula is C16H25NO3S. The molecule has 118 valence electrons. The normalized spacial score (nSPS) is 13.5. The minimum absolute atomic E-state index is 0.290. The third-order valence-electron chi connectivity index (χ3n) is 2.74. The van der Waals surface area contributed by atoms with Crippen molar-refractivity contribution >= 4 is 17.2 Å². The second-order valence-electron chi connectivity index (χ2n) is 5.69.